The fourth-order valence-electron chi connectivity index (χ4n) is 5.15. The van der Waals surface area contributed by atoms with Gasteiger partial charge < -0.3 is 9.22 Å². The summed E-state index contributed by atoms with van der Waals surface area (Å²) < 4.78 is 6.99. The molecule has 0 N–H and O–H groups in total. The van der Waals surface area contributed by atoms with Crippen LogP contribution in [0.15, 0.2) is 0 Å². The molecule has 3 aliphatic rings. The predicted octanol–water partition coefficient (Wildman–Crippen LogP) is 2.74. The van der Waals surface area contributed by atoms with E-state index in [-0.39, 0.29) is 12.1 Å². The van der Waals surface area contributed by atoms with E-state index in [4.69, 9.17) is 4.74 Å². The van der Waals surface area contributed by atoms with E-state index >= 15 is 0 Å². The highest BCUT2D eigenvalue weighted by molar-refractivity contribution is 5.66. The number of likely N-dealkylation sites (tertiary alicyclic amines) is 1. The molecule has 2 saturated carbocycles. The molecule has 2 aliphatic carbocycles. The Hall–Kier alpha value is -0.570. The van der Waals surface area contributed by atoms with Gasteiger partial charge in [-0.05, 0) is 25.2 Å². The first kappa shape index (κ1) is 13.4. The van der Waals surface area contributed by atoms with Crippen LogP contribution in [0, 0.1) is 11.8 Å². The number of esters is 1. The standard InChI is InChI=1S/C16H28NO2/c1-12(18)19-16-13-6-5-7-14(16)15(9-8-13)17(2)10-3-4-11-17/h13-16H,3-11H2,1-2H3/q+1/t13-,14-,15+,16-/m0/s1. The van der Waals surface area contributed by atoms with Crippen molar-refractivity contribution in [1.82, 2.24) is 0 Å². The second-order valence-corrected chi connectivity index (χ2v) is 7.21. The highest BCUT2D eigenvalue weighted by atomic mass is 16.5. The summed E-state index contributed by atoms with van der Waals surface area (Å²) in [6.45, 7) is 4.24. The average molecular weight is 266 g/mol. The highest BCUT2D eigenvalue weighted by Crippen LogP contribution is 2.46. The van der Waals surface area contributed by atoms with E-state index in [9.17, 15) is 4.79 Å². The number of quaternary nitrogens is 1. The Balaban J connectivity index is 1.80. The molecule has 0 aromatic carbocycles. The fourth-order valence-corrected chi connectivity index (χ4v) is 5.15. The minimum Gasteiger partial charge on any atom is -0.462 e. The molecule has 0 aromatic rings. The zero-order valence-corrected chi connectivity index (χ0v) is 12.4. The van der Waals surface area contributed by atoms with Crippen LogP contribution in [-0.2, 0) is 9.53 Å². The zero-order chi connectivity index (χ0) is 13.5. The van der Waals surface area contributed by atoms with Crippen molar-refractivity contribution in [1.29, 1.82) is 0 Å². The van der Waals surface area contributed by atoms with Crippen molar-refractivity contribution in [2.75, 3.05) is 20.1 Å². The summed E-state index contributed by atoms with van der Waals surface area (Å²) in [6, 6.07) is 0.739. The van der Waals surface area contributed by atoms with Crippen LogP contribution < -0.4 is 0 Å². The molecule has 2 bridgehead atoms. The zero-order valence-electron chi connectivity index (χ0n) is 12.4. The summed E-state index contributed by atoms with van der Waals surface area (Å²) >= 11 is 0. The fraction of sp³-hybridized carbons (Fsp3) is 0.938. The van der Waals surface area contributed by atoms with Gasteiger partial charge in [-0.1, -0.05) is 6.42 Å². The third kappa shape index (κ3) is 2.42. The summed E-state index contributed by atoms with van der Waals surface area (Å²) in [5.74, 6) is 1.19. The van der Waals surface area contributed by atoms with Gasteiger partial charge in [0, 0.05) is 32.1 Å². The number of carbonyl (C=O) groups is 1. The Bertz CT molecular complexity index is 349. The third-order valence-electron chi connectivity index (χ3n) is 6.02. The highest BCUT2D eigenvalue weighted by Gasteiger charge is 2.51. The molecule has 0 unspecified atom stereocenters. The lowest BCUT2D eigenvalue weighted by Crippen LogP contribution is -2.60. The maximum Gasteiger partial charge on any atom is 0.302 e. The van der Waals surface area contributed by atoms with Gasteiger partial charge in [-0.25, -0.2) is 0 Å². The molecule has 3 fully saturated rings. The molecule has 3 heteroatoms. The molecule has 4 atom stereocenters. The SMILES string of the molecule is CC(=O)O[C@H]1[C@H]2CCC[C@H]1[C@H]([N+]1(C)CCCC1)CC2. The first-order valence-corrected chi connectivity index (χ1v) is 8.11. The van der Waals surface area contributed by atoms with Crippen LogP contribution in [-0.4, -0.2) is 42.7 Å². The number of hydrogen-bond acceptors (Lipinski definition) is 2. The Labute approximate surface area is 116 Å². The maximum atomic E-state index is 11.4. The van der Waals surface area contributed by atoms with Gasteiger partial charge in [0.2, 0.25) is 0 Å². The normalized spacial score (nSPS) is 40.9. The molecule has 0 amide bonds. The molecule has 1 saturated heterocycles. The molecular weight excluding hydrogens is 238 g/mol. The molecule has 19 heavy (non-hydrogen) atoms. The number of rotatable bonds is 2. The van der Waals surface area contributed by atoms with Gasteiger partial charge >= 0.3 is 5.97 Å². The summed E-state index contributed by atoms with van der Waals surface area (Å²) in [5, 5.41) is 0. The van der Waals surface area contributed by atoms with Crippen molar-refractivity contribution in [3.63, 3.8) is 0 Å². The maximum absolute atomic E-state index is 11.4. The van der Waals surface area contributed by atoms with Crippen LogP contribution in [0.3, 0.4) is 0 Å². The third-order valence-corrected chi connectivity index (χ3v) is 6.02. The molecule has 0 aromatic heterocycles. The van der Waals surface area contributed by atoms with Gasteiger partial charge in [0.15, 0.2) is 0 Å². The van der Waals surface area contributed by atoms with E-state index in [1.807, 2.05) is 0 Å². The minimum absolute atomic E-state index is 0.0772. The van der Waals surface area contributed by atoms with Crippen molar-refractivity contribution < 1.29 is 14.0 Å². The van der Waals surface area contributed by atoms with Crippen LogP contribution in [0.5, 0.6) is 0 Å². The molecule has 3 rings (SSSR count). The van der Waals surface area contributed by atoms with Crippen LogP contribution >= 0.6 is 0 Å². The average Bonchev–Trinajstić information content (AvgIpc) is 2.76. The van der Waals surface area contributed by atoms with Crippen molar-refractivity contribution in [3.8, 4) is 0 Å². The lowest BCUT2D eigenvalue weighted by Gasteiger charge is -2.51. The van der Waals surface area contributed by atoms with Crippen LogP contribution in [0.1, 0.15) is 51.9 Å². The van der Waals surface area contributed by atoms with Crippen molar-refractivity contribution >= 4 is 5.97 Å². The van der Waals surface area contributed by atoms with Gasteiger partial charge in [-0.2, -0.15) is 0 Å². The first-order valence-electron chi connectivity index (χ1n) is 8.11. The number of hydrogen-bond donors (Lipinski definition) is 0. The summed E-state index contributed by atoms with van der Waals surface area (Å²) in [5.41, 5.74) is 0. The molecule has 0 radical (unpaired) electrons. The minimum atomic E-state index is -0.0772. The molecular formula is C16H28NO2+. The Morgan fingerprint density at radius 2 is 1.79 bits per heavy atom. The van der Waals surface area contributed by atoms with Crippen molar-refractivity contribution in [2.45, 2.75) is 64.0 Å². The van der Waals surface area contributed by atoms with Gasteiger partial charge in [-0.3, -0.25) is 4.79 Å². The number of fused-ring (bicyclic) bond motifs is 2. The summed E-state index contributed by atoms with van der Waals surface area (Å²) in [6.07, 6.45) is 9.47. The van der Waals surface area contributed by atoms with Gasteiger partial charge in [0.05, 0.1) is 26.2 Å². The second-order valence-electron chi connectivity index (χ2n) is 7.21. The molecule has 1 aliphatic heterocycles. The van der Waals surface area contributed by atoms with E-state index < -0.39 is 0 Å². The molecule has 1 heterocycles. The smallest absolute Gasteiger partial charge is 0.302 e. The van der Waals surface area contributed by atoms with Gasteiger partial charge in [0.1, 0.15) is 6.10 Å². The lowest BCUT2D eigenvalue weighted by atomic mass is 9.66. The van der Waals surface area contributed by atoms with Crippen molar-refractivity contribution in [3.05, 3.63) is 0 Å². The number of nitrogens with zero attached hydrogens (tertiary/aromatic N) is 1. The number of ether oxygens (including phenoxy) is 1. The summed E-state index contributed by atoms with van der Waals surface area (Å²) in [4.78, 5) is 11.4. The van der Waals surface area contributed by atoms with Crippen molar-refractivity contribution in [2.24, 2.45) is 11.8 Å². The van der Waals surface area contributed by atoms with Crippen LogP contribution in [0.4, 0.5) is 0 Å². The van der Waals surface area contributed by atoms with Gasteiger partial charge in [-0.15, -0.1) is 0 Å². The Kier molecular flexibility index (Phi) is 3.59. The van der Waals surface area contributed by atoms with E-state index in [1.54, 1.807) is 6.92 Å². The Morgan fingerprint density at radius 1 is 1.05 bits per heavy atom. The molecule has 108 valence electrons. The lowest BCUT2D eigenvalue weighted by molar-refractivity contribution is -0.928. The number of carbonyl (C=O) groups excluding carboxylic acids is 1. The van der Waals surface area contributed by atoms with E-state index in [0.717, 1.165) is 6.04 Å². The summed E-state index contributed by atoms with van der Waals surface area (Å²) in [7, 11) is 2.44. The van der Waals surface area contributed by atoms with E-state index in [2.05, 4.69) is 7.05 Å². The van der Waals surface area contributed by atoms with Crippen LogP contribution in [0.25, 0.3) is 0 Å². The van der Waals surface area contributed by atoms with Crippen LogP contribution in [0.2, 0.25) is 0 Å². The van der Waals surface area contributed by atoms with Gasteiger partial charge in [0.25, 0.3) is 0 Å². The van der Waals surface area contributed by atoms with E-state index in [0.29, 0.717) is 11.8 Å². The predicted molar refractivity (Wildman–Crippen MR) is 74.6 cm³/mol. The molecule has 0 spiro atoms. The quantitative estimate of drug-likeness (QED) is 0.567. The molecule has 3 nitrogen and oxygen atoms in total. The first-order chi connectivity index (χ1) is 9.10. The monoisotopic (exact) mass is 266 g/mol. The Morgan fingerprint density at radius 3 is 2.47 bits per heavy atom. The second kappa shape index (κ2) is 5.08. The van der Waals surface area contributed by atoms with E-state index in [1.165, 1.54) is 62.5 Å². The topological polar surface area (TPSA) is 26.3 Å². The largest absolute Gasteiger partial charge is 0.462 e.